The summed E-state index contributed by atoms with van der Waals surface area (Å²) in [6.45, 7) is 1.84. The number of Topliss-reactive ketones (excluding diaryl/α,β-unsaturated/α-hetero) is 1. The summed E-state index contributed by atoms with van der Waals surface area (Å²) >= 11 is 0. The molecule has 0 aliphatic heterocycles. The zero-order valence-corrected chi connectivity index (χ0v) is 14.5. The molecule has 2 rings (SSSR count). The first-order chi connectivity index (χ1) is 12.6. The number of nitrogens with one attached hydrogen (secondary N) is 3. The summed E-state index contributed by atoms with van der Waals surface area (Å²) < 4.78 is 5.16. The number of rotatable bonds is 10. The van der Waals surface area contributed by atoms with Crippen molar-refractivity contribution in [2.45, 2.75) is 26.0 Å². The van der Waals surface area contributed by atoms with Crippen LogP contribution in [0.4, 0.5) is 0 Å². The van der Waals surface area contributed by atoms with Crippen LogP contribution < -0.4 is 10.6 Å². The van der Waals surface area contributed by atoms with E-state index in [1.807, 2.05) is 30.3 Å². The van der Waals surface area contributed by atoms with E-state index in [1.54, 1.807) is 6.92 Å². The molecule has 8 nitrogen and oxygen atoms in total. The Hall–Kier alpha value is -3.00. The fourth-order valence-corrected chi connectivity index (χ4v) is 2.21. The molecule has 1 heterocycles. The van der Waals surface area contributed by atoms with Gasteiger partial charge >= 0.3 is 5.97 Å². The maximum atomic E-state index is 12.0. The number of ether oxygens (including phenoxy) is 1. The number of carbonyl (C=O) groups is 3. The van der Waals surface area contributed by atoms with Crippen molar-refractivity contribution < 1.29 is 19.1 Å². The van der Waals surface area contributed by atoms with E-state index in [2.05, 4.69) is 20.6 Å². The summed E-state index contributed by atoms with van der Waals surface area (Å²) in [7, 11) is 0. The van der Waals surface area contributed by atoms with Crippen molar-refractivity contribution in [2.75, 3.05) is 13.1 Å². The molecule has 0 radical (unpaired) electrons. The number of aromatic amines is 1. The first-order valence-corrected chi connectivity index (χ1v) is 8.32. The van der Waals surface area contributed by atoms with Crippen molar-refractivity contribution in [1.82, 2.24) is 20.6 Å². The molecular formula is C18H22N4O4. The summed E-state index contributed by atoms with van der Waals surface area (Å²) in [4.78, 5) is 42.2. The third-order valence-electron chi connectivity index (χ3n) is 3.68. The lowest BCUT2D eigenvalue weighted by atomic mass is 10.1. The second-order valence-electron chi connectivity index (χ2n) is 5.57. The van der Waals surface area contributed by atoms with E-state index in [4.69, 9.17) is 4.74 Å². The summed E-state index contributed by atoms with van der Waals surface area (Å²) in [6, 6.07) is 8.64. The van der Waals surface area contributed by atoms with Crippen LogP contribution >= 0.6 is 0 Å². The average Bonchev–Trinajstić information content (AvgIpc) is 3.21. The molecule has 0 saturated carbocycles. The lowest BCUT2D eigenvalue weighted by Gasteiger charge is -2.17. The highest BCUT2D eigenvalue weighted by Gasteiger charge is 2.19. The van der Waals surface area contributed by atoms with Crippen LogP contribution in [-0.2, 0) is 20.9 Å². The van der Waals surface area contributed by atoms with Gasteiger partial charge in [0.25, 0.3) is 5.91 Å². The van der Waals surface area contributed by atoms with Crippen molar-refractivity contribution in [2.24, 2.45) is 0 Å². The maximum absolute atomic E-state index is 12.0. The first-order valence-electron chi connectivity index (χ1n) is 8.32. The highest BCUT2D eigenvalue weighted by atomic mass is 16.5. The number of hydrogen-bond donors (Lipinski definition) is 3. The number of nitrogens with zero attached hydrogens (tertiary/aromatic N) is 1. The van der Waals surface area contributed by atoms with Crippen molar-refractivity contribution in [3.8, 4) is 0 Å². The van der Waals surface area contributed by atoms with Crippen LogP contribution in [0.15, 0.2) is 42.9 Å². The van der Waals surface area contributed by atoms with Gasteiger partial charge in [0, 0.05) is 13.0 Å². The minimum atomic E-state index is -0.670. The Morgan fingerprint density at radius 2 is 2.00 bits per heavy atom. The van der Waals surface area contributed by atoms with Gasteiger partial charge in [-0.1, -0.05) is 37.3 Å². The van der Waals surface area contributed by atoms with Crippen molar-refractivity contribution in [3.05, 3.63) is 54.1 Å². The van der Waals surface area contributed by atoms with Gasteiger partial charge in [-0.25, -0.2) is 4.98 Å². The number of H-pyrrole nitrogens is 1. The van der Waals surface area contributed by atoms with Gasteiger partial charge in [0.1, 0.15) is 12.3 Å². The summed E-state index contributed by atoms with van der Waals surface area (Å²) in [5, 5.41) is 5.48. The van der Waals surface area contributed by atoms with E-state index in [1.165, 1.54) is 12.5 Å². The molecule has 8 heteroatoms. The molecule has 3 N–H and O–H groups in total. The van der Waals surface area contributed by atoms with Gasteiger partial charge < -0.3 is 15.0 Å². The molecule has 1 atom stereocenters. The van der Waals surface area contributed by atoms with E-state index in [9.17, 15) is 14.4 Å². The molecule has 1 aromatic heterocycles. The third-order valence-corrected chi connectivity index (χ3v) is 3.68. The standard InChI is InChI=1S/C18H22N4O4/c1-2-16(23)14(9-21-18(25)15-8-19-12-22-15)20-10-17(24)26-11-13-6-4-3-5-7-13/h3-8,12,14,20H,2,9-11H2,1H3,(H,19,22)(H,21,25)/t14-/m0/s1. The Labute approximate surface area is 151 Å². The van der Waals surface area contributed by atoms with E-state index in [0.717, 1.165) is 5.56 Å². The van der Waals surface area contributed by atoms with Gasteiger partial charge in [-0.2, -0.15) is 0 Å². The van der Waals surface area contributed by atoms with Gasteiger partial charge in [-0.3, -0.25) is 19.7 Å². The van der Waals surface area contributed by atoms with E-state index in [0.29, 0.717) is 5.69 Å². The summed E-state index contributed by atoms with van der Waals surface area (Å²) in [5.41, 5.74) is 1.18. The smallest absolute Gasteiger partial charge is 0.320 e. The number of imidazole rings is 1. The number of hydrogen-bond acceptors (Lipinski definition) is 6. The van der Waals surface area contributed by atoms with E-state index in [-0.39, 0.29) is 37.8 Å². The van der Waals surface area contributed by atoms with Crippen LogP contribution in [0.25, 0.3) is 0 Å². The van der Waals surface area contributed by atoms with Crippen LogP contribution in [-0.4, -0.2) is 46.8 Å². The Balaban J connectivity index is 1.78. The minimum Gasteiger partial charge on any atom is -0.460 e. The number of carbonyl (C=O) groups excluding carboxylic acids is 3. The topological polar surface area (TPSA) is 113 Å². The molecule has 0 unspecified atom stereocenters. The summed E-state index contributed by atoms with van der Waals surface area (Å²) in [5.74, 6) is -0.946. The Morgan fingerprint density at radius 3 is 2.65 bits per heavy atom. The van der Waals surface area contributed by atoms with E-state index < -0.39 is 12.0 Å². The van der Waals surface area contributed by atoms with Gasteiger partial charge in [-0.15, -0.1) is 0 Å². The van der Waals surface area contributed by atoms with Crippen LogP contribution in [0.1, 0.15) is 29.4 Å². The Morgan fingerprint density at radius 1 is 1.23 bits per heavy atom. The van der Waals surface area contributed by atoms with Crippen LogP contribution in [0.2, 0.25) is 0 Å². The highest BCUT2D eigenvalue weighted by molar-refractivity contribution is 5.93. The number of aromatic nitrogens is 2. The lowest BCUT2D eigenvalue weighted by molar-refractivity contribution is -0.144. The Kier molecular flexibility index (Phi) is 7.50. The maximum Gasteiger partial charge on any atom is 0.320 e. The number of esters is 1. The van der Waals surface area contributed by atoms with E-state index >= 15 is 0 Å². The zero-order valence-electron chi connectivity index (χ0n) is 14.5. The average molecular weight is 358 g/mol. The molecule has 0 bridgehead atoms. The number of benzene rings is 1. The quantitative estimate of drug-likeness (QED) is 0.542. The summed E-state index contributed by atoms with van der Waals surface area (Å²) in [6.07, 6.45) is 3.07. The predicted molar refractivity (Wildman–Crippen MR) is 94.2 cm³/mol. The number of amides is 1. The normalized spacial score (nSPS) is 11.6. The second kappa shape index (κ2) is 10.1. The first kappa shape index (κ1) is 19.3. The molecule has 0 saturated heterocycles. The van der Waals surface area contributed by atoms with Crippen molar-refractivity contribution in [1.29, 1.82) is 0 Å². The molecule has 0 aliphatic rings. The lowest BCUT2D eigenvalue weighted by Crippen LogP contribution is -2.47. The van der Waals surface area contributed by atoms with Gasteiger partial charge in [0.2, 0.25) is 0 Å². The molecule has 2 aromatic rings. The van der Waals surface area contributed by atoms with Gasteiger partial charge in [0.05, 0.1) is 25.1 Å². The van der Waals surface area contributed by atoms with Gasteiger partial charge in [-0.05, 0) is 5.56 Å². The second-order valence-corrected chi connectivity index (χ2v) is 5.57. The molecule has 0 spiro atoms. The fourth-order valence-electron chi connectivity index (χ4n) is 2.21. The molecule has 138 valence electrons. The number of ketones is 1. The molecular weight excluding hydrogens is 336 g/mol. The van der Waals surface area contributed by atoms with Crippen LogP contribution in [0, 0.1) is 0 Å². The minimum absolute atomic E-state index is 0.0660. The molecule has 1 amide bonds. The molecule has 26 heavy (non-hydrogen) atoms. The largest absolute Gasteiger partial charge is 0.460 e. The SMILES string of the molecule is CCC(=O)[C@H](CNC(=O)c1cnc[nH]1)NCC(=O)OCc1ccccc1. The zero-order chi connectivity index (χ0) is 18.8. The van der Waals surface area contributed by atoms with Crippen molar-refractivity contribution >= 4 is 17.7 Å². The van der Waals surface area contributed by atoms with Gasteiger partial charge in [0.15, 0.2) is 5.78 Å². The predicted octanol–water partition coefficient (Wildman–Crippen LogP) is 0.820. The van der Waals surface area contributed by atoms with Crippen LogP contribution in [0.5, 0.6) is 0 Å². The monoisotopic (exact) mass is 358 g/mol. The van der Waals surface area contributed by atoms with Crippen molar-refractivity contribution in [3.63, 3.8) is 0 Å². The fraction of sp³-hybridized carbons (Fsp3) is 0.333. The Bertz CT molecular complexity index is 716. The molecule has 0 aliphatic carbocycles. The highest BCUT2D eigenvalue weighted by Crippen LogP contribution is 2.00. The molecule has 1 aromatic carbocycles. The third kappa shape index (κ3) is 6.14. The van der Waals surface area contributed by atoms with Crippen LogP contribution in [0.3, 0.4) is 0 Å². The molecule has 0 fully saturated rings.